The molecule has 3 amide bonds. The minimum Gasteiger partial charge on any atom is -0.361 e. The fourth-order valence-corrected chi connectivity index (χ4v) is 2.53. The van der Waals surface area contributed by atoms with Gasteiger partial charge < -0.3 is 4.98 Å². The number of aromatic nitrogens is 1. The average molecular weight is 327 g/mol. The van der Waals surface area contributed by atoms with E-state index in [0.717, 1.165) is 21.5 Å². The van der Waals surface area contributed by atoms with Crippen molar-refractivity contribution in [1.29, 1.82) is 0 Å². The number of benzene rings is 1. The van der Waals surface area contributed by atoms with Crippen LogP contribution in [0, 0.1) is 0 Å². The number of carbonyl (C=O) groups is 3. The first-order valence-corrected chi connectivity index (χ1v) is 7.53. The van der Waals surface area contributed by atoms with E-state index in [1.165, 1.54) is 7.05 Å². The Kier molecular flexibility index (Phi) is 4.28. The number of aromatic amines is 1. The molecule has 1 aromatic carbocycles. The molecule has 2 heterocycles. The van der Waals surface area contributed by atoms with Gasteiger partial charge in [0, 0.05) is 37.0 Å². The molecule has 0 radical (unpaired) electrons. The van der Waals surface area contributed by atoms with Crippen molar-refractivity contribution in [1.82, 2.24) is 20.8 Å². The summed E-state index contributed by atoms with van der Waals surface area (Å²) < 4.78 is 0. The zero-order valence-electron chi connectivity index (χ0n) is 13.1. The number of para-hydroxylation sites is 1. The molecule has 0 bridgehead atoms. The summed E-state index contributed by atoms with van der Waals surface area (Å²) in [6.07, 6.45) is 2.40. The van der Waals surface area contributed by atoms with E-state index in [1.807, 2.05) is 24.3 Å². The van der Waals surface area contributed by atoms with Crippen LogP contribution in [0.2, 0.25) is 0 Å². The van der Waals surface area contributed by atoms with Gasteiger partial charge >= 0.3 is 0 Å². The van der Waals surface area contributed by atoms with Crippen molar-refractivity contribution in [2.24, 2.45) is 5.10 Å². The van der Waals surface area contributed by atoms with E-state index in [0.29, 0.717) is 0 Å². The lowest BCUT2D eigenvalue weighted by molar-refractivity contribution is -0.130. The summed E-state index contributed by atoms with van der Waals surface area (Å²) in [4.78, 5) is 38.4. The first-order valence-electron chi connectivity index (χ1n) is 7.53. The Labute approximate surface area is 137 Å². The quantitative estimate of drug-likeness (QED) is 0.713. The Bertz CT molecular complexity index is 839. The zero-order valence-corrected chi connectivity index (χ0v) is 13.1. The van der Waals surface area contributed by atoms with E-state index in [9.17, 15) is 14.4 Å². The molecule has 0 unspecified atom stereocenters. The van der Waals surface area contributed by atoms with Crippen molar-refractivity contribution >= 4 is 34.3 Å². The van der Waals surface area contributed by atoms with E-state index < -0.39 is 5.91 Å². The van der Waals surface area contributed by atoms with Crippen LogP contribution in [0.5, 0.6) is 0 Å². The topological polar surface area (TPSA) is 107 Å². The summed E-state index contributed by atoms with van der Waals surface area (Å²) in [7, 11) is 1.49. The standard InChI is InChI=1S/C16H17N5O3/c1-21-15(23)7-6-13(20-21)16(24)19-18-14(22)8-10-9-17-12-5-3-2-4-11(10)12/h2-5,9,17H,6-8H2,1H3,(H,18,22)(H,19,24). The number of hydrazone groups is 1. The highest BCUT2D eigenvalue weighted by atomic mass is 16.2. The summed E-state index contributed by atoms with van der Waals surface area (Å²) in [5.41, 5.74) is 6.71. The summed E-state index contributed by atoms with van der Waals surface area (Å²) >= 11 is 0. The predicted octanol–water partition coefficient (Wildman–Crippen LogP) is 0.466. The molecule has 0 saturated carbocycles. The molecule has 1 aromatic heterocycles. The Morgan fingerprint density at radius 3 is 2.83 bits per heavy atom. The zero-order chi connectivity index (χ0) is 17.1. The molecular weight excluding hydrogens is 310 g/mol. The van der Waals surface area contributed by atoms with Gasteiger partial charge in [0.2, 0.25) is 11.8 Å². The van der Waals surface area contributed by atoms with Crippen LogP contribution < -0.4 is 10.9 Å². The van der Waals surface area contributed by atoms with Crippen molar-refractivity contribution in [3.63, 3.8) is 0 Å². The van der Waals surface area contributed by atoms with E-state index in [4.69, 9.17) is 0 Å². The van der Waals surface area contributed by atoms with E-state index in [2.05, 4.69) is 20.9 Å². The molecule has 0 atom stereocenters. The Hall–Kier alpha value is -3.16. The minimum absolute atomic E-state index is 0.134. The van der Waals surface area contributed by atoms with Crippen molar-refractivity contribution in [2.45, 2.75) is 19.3 Å². The van der Waals surface area contributed by atoms with Gasteiger partial charge in [-0.2, -0.15) is 5.10 Å². The van der Waals surface area contributed by atoms with Crippen LogP contribution in [0.1, 0.15) is 18.4 Å². The van der Waals surface area contributed by atoms with Gasteiger partial charge in [0.15, 0.2) is 0 Å². The predicted molar refractivity (Wildman–Crippen MR) is 87.7 cm³/mol. The van der Waals surface area contributed by atoms with Gasteiger partial charge in [-0.25, -0.2) is 5.01 Å². The number of fused-ring (bicyclic) bond motifs is 1. The molecule has 2 aromatic rings. The second-order valence-electron chi connectivity index (χ2n) is 5.50. The number of rotatable bonds is 3. The van der Waals surface area contributed by atoms with Crippen LogP contribution >= 0.6 is 0 Å². The molecule has 8 nitrogen and oxygen atoms in total. The van der Waals surface area contributed by atoms with Crippen molar-refractivity contribution < 1.29 is 14.4 Å². The molecule has 1 aliphatic heterocycles. The van der Waals surface area contributed by atoms with Crippen LogP contribution in [-0.4, -0.2) is 40.5 Å². The van der Waals surface area contributed by atoms with Gasteiger partial charge in [0.05, 0.1) is 6.42 Å². The van der Waals surface area contributed by atoms with Gasteiger partial charge in [0.25, 0.3) is 5.91 Å². The van der Waals surface area contributed by atoms with Gasteiger partial charge in [-0.3, -0.25) is 25.2 Å². The second kappa shape index (κ2) is 6.53. The highest BCUT2D eigenvalue weighted by Crippen LogP contribution is 2.17. The number of nitrogens with one attached hydrogen (secondary N) is 3. The summed E-state index contributed by atoms with van der Waals surface area (Å²) in [5.74, 6) is -0.995. The number of hydrazine groups is 1. The van der Waals surface area contributed by atoms with E-state index in [1.54, 1.807) is 6.20 Å². The first kappa shape index (κ1) is 15.7. The molecule has 0 spiro atoms. The summed E-state index contributed by atoms with van der Waals surface area (Å²) in [5, 5.41) is 5.99. The maximum atomic E-state index is 12.0. The normalized spacial score (nSPS) is 14.5. The maximum Gasteiger partial charge on any atom is 0.285 e. The molecule has 3 N–H and O–H groups in total. The summed E-state index contributed by atoms with van der Waals surface area (Å²) in [6.45, 7) is 0. The Balaban J connectivity index is 1.57. The lowest BCUT2D eigenvalue weighted by Crippen LogP contribution is -2.47. The van der Waals surface area contributed by atoms with Crippen LogP contribution in [0.25, 0.3) is 10.9 Å². The SMILES string of the molecule is CN1N=C(C(=O)NNC(=O)Cc2c[nH]c3ccccc23)CCC1=O. The number of hydrogen-bond donors (Lipinski definition) is 3. The number of H-pyrrole nitrogens is 1. The first-order chi connectivity index (χ1) is 11.5. The molecule has 0 aliphatic carbocycles. The molecule has 0 fully saturated rings. The van der Waals surface area contributed by atoms with Crippen molar-refractivity contribution in [2.75, 3.05) is 7.05 Å². The largest absolute Gasteiger partial charge is 0.361 e. The monoisotopic (exact) mass is 327 g/mol. The number of amides is 3. The highest BCUT2D eigenvalue weighted by molar-refractivity contribution is 6.39. The summed E-state index contributed by atoms with van der Waals surface area (Å²) in [6, 6.07) is 7.67. The molecule has 24 heavy (non-hydrogen) atoms. The molecule has 1 aliphatic rings. The molecule has 3 rings (SSSR count). The smallest absolute Gasteiger partial charge is 0.285 e. The van der Waals surface area contributed by atoms with Crippen LogP contribution in [0.4, 0.5) is 0 Å². The number of hydrogen-bond acceptors (Lipinski definition) is 4. The number of nitrogens with zero attached hydrogens (tertiary/aromatic N) is 2. The van der Waals surface area contributed by atoms with Gasteiger partial charge in [0.1, 0.15) is 5.71 Å². The third-order valence-corrected chi connectivity index (χ3v) is 3.81. The third kappa shape index (κ3) is 3.27. The Morgan fingerprint density at radius 1 is 1.25 bits per heavy atom. The van der Waals surface area contributed by atoms with Crippen LogP contribution in [0.3, 0.4) is 0 Å². The fourth-order valence-electron chi connectivity index (χ4n) is 2.53. The lowest BCUT2D eigenvalue weighted by atomic mass is 10.1. The second-order valence-corrected chi connectivity index (χ2v) is 5.50. The van der Waals surface area contributed by atoms with Gasteiger partial charge in [-0.05, 0) is 11.6 Å². The van der Waals surface area contributed by atoms with Gasteiger partial charge in [-0.15, -0.1) is 0 Å². The number of carbonyl (C=O) groups excluding carboxylic acids is 3. The van der Waals surface area contributed by atoms with Gasteiger partial charge in [-0.1, -0.05) is 18.2 Å². The van der Waals surface area contributed by atoms with E-state index in [-0.39, 0.29) is 36.8 Å². The van der Waals surface area contributed by atoms with E-state index >= 15 is 0 Å². The highest BCUT2D eigenvalue weighted by Gasteiger charge is 2.22. The maximum absolute atomic E-state index is 12.0. The fraction of sp³-hybridized carbons (Fsp3) is 0.250. The Morgan fingerprint density at radius 2 is 2.04 bits per heavy atom. The molecular formula is C16H17N5O3. The van der Waals surface area contributed by atoms with Crippen molar-refractivity contribution in [3.05, 3.63) is 36.0 Å². The van der Waals surface area contributed by atoms with Crippen LogP contribution in [-0.2, 0) is 20.8 Å². The molecule has 0 saturated heterocycles. The van der Waals surface area contributed by atoms with Crippen molar-refractivity contribution in [3.8, 4) is 0 Å². The minimum atomic E-state index is -0.512. The molecule has 124 valence electrons. The third-order valence-electron chi connectivity index (χ3n) is 3.81. The molecule has 8 heteroatoms. The lowest BCUT2D eigenvalue weighted by Gasteiger charge is -2.18. The average Bonchev–Trinajstić information content (AvgIpc) is 2.98. The van der Waals surface area contributed by atoms with Crippen LogP contribution in [0.15, 0.2) is 35.6 Å².